The lowest BCUT2D eigenvalue weighted by Gasteiger charge is -2.19. The highest BCUT2D eigenvalue weighted by Crippen LogP contribution is 2.26. The third-order valence-electron chi connectivity index (χ3n) is 2.29. The van der Waals surface area contributed by atoms with Crippen LogP contribution in [0, 0.1) is 0 Å². The second-order valence-electron chi connectivity index (χ2n) is 4.02. The second kappa shape index (κ2) is 4.64. The van der Waals surface area contributed by atoms with Crippen LogP contribution in [0.15, 0.2) is 18.2 Å². The smallest absolute Gasteiger partial charge is 0.124 e. The zero-order valence-corrected chi connectivity index (χ0v) is 9.70. The molecule has 0 heterocycles. The van der Waals surface area contributed by atoms with Gasteiger partial charge in [-0.1, -0.05) is 6.07 Å². The van der Waals surface area contributed by atoms with E-state index < -0.39 is 5.60 Å². The van der Waals surface area contributed by atoms with E-state index in [1.165, 1.54) is 0 Å². The molecule has 0 atom stereocenters. The van der Waals surface area contributed by atoms with Gasteiger partial charge in [-0.15, -0.1) is 0 Å². The first kappa shape index (κ1) is 12.0. The van der Waals surface area contributed by atoms with Gasteiger partial charge in [0.1, 0.15) is 5.75 Å². The maximum absolute atomic E-state index is 9.86. The molecule has 1 rings (SSSR count). The molecule has 84 valence electrons. The van der Waals surface area contributed by atoms with Crippen LogP contribution in [0.4, 0.5) is 0 Å². The third kappa shape index (κ3) is 2.94. The third-order valence-corrected chi connectivity index (χ3v) is 2.29. The van der Waals surface area contributed by atoms with Crippen LogP contribution in [0.3, 0.4) is 0 Å². The van der Waals surface area contributed by atoms with Crippen molar-refractivity contribution in [2.75, 3.05) is 14.2 Å². The molecule has 0 spiro atoms. The van der Waals surface area contributed by atoms with E-state index in [4.69, 9.17) is 9.47 Å². The fourth-order valence-electron chi connectivity index (χ4n) is 1.43. The summed E-state index contributed by atoms with van der Waals surface area (Å²) in [6.45, 7) is 3.99. The summed E-state index contributed by atoms with van der Waals surface area (Å²) in [6.07, 6.45) is 0. The molecule has 15 heavy (non-hydrogen) atoms. The van der Waals surface area contributed by atoms with Crippen LogP contribution in [0.25, 0.3) is 0 Å². The predicted octanol–water partition coefficient (Wildman–Crippen LogP) is 2.07. The van der Waals surface area contributed by atoms with Crippen LogP contribution >= 0.6 is 0 Å². The van der Waals surface area contributed by atoms with Gasteiger partial charge >= 0.3 is 0 Å². The van der Waals surface area contributed by atoms with Crippen LogP contribution in [0.2, 0.25) is 0 Å². The SMILES string of the molecule is COCc1cc(C(C)(C)O)ccc1OC. The molecule has 0 aliphatic carbocycles. The Hall–Kier alpha value is -1.06. The van der Waals surface area contributed by atoms with E-state index in [0.29, 0.717) is 6.61 Å². The van der Waals surface area contributed by atoms with Gasteiger partial charge in [-0.2, -0.15) is 0 Å². The van der Waals surface area contributed by atoms with Gasteiger partial charge in [-0.05, 0) is 31.5 Å². The highest BCUT2D eigenvalue weighted by atomic mass is 16.5. The molecule has 3 nitrogen and oxygen atoms in total. The molecule has 0 bridgehead atoms. The van der Waals surface area contributed by atoms with Crippen LogP contribution < -0.4 is 4.74 Å². The van der Waals surface area contributed by atoms with Crippen LogP contribution in [-0.4, -0.2) is 19.3 Å². The Morgan fingerprint density at radius 2 is 1.93 bits per heavy atom. The molecule has 0 fully saturated rings. The van der Waals surface area contributed by atoms with E-state index in [-0.39, 0.29) is 0 Å². The highest BCUT2D eigenvalue weighted by molar-refractivity contribution is 5.38. The van der Waals surface area contributed by atoms with Crippen molar-refractivity contribution in [1.29, 1.82) is 0 Å². The van der Waals surface area contributed by atoms with Crippen molar-refractivity contribution in [3.05, 3.63) is 29.3 Å². The molecule has 0 aromatic heterocycles. The molecule has 0 saturated carbocycles. The van der Waals surface area contributed by atoms with Crippen molar-refractivity contribution >= 4 is 0 Å². The summed E-state index contributed by atoms with van der Waals surface area (Å²) in [5, 5.41) is 9.86. The highest BCUT2D eigenvalue weighted by Gasteiger charge is 2.17. The molecule has 0 unspecified atom stereocenters. The molecule has 1 N–H and O–H groups in total. The molecule has 0 amide bonds. The number of rotatable bonds is 4. The lowest BCUT2D eigenvalue weighted by molar-refractivity contribution is 0.0782. The summed E-state index contributed by atoms with van der Waals surface area (Å²) < 4.78 is 10.3. The standard InChI is InChI=1S/C12H18O3/c1-12(2,13)10-5-6-11(15-4)9(7-10)8-14-3/h5-7,13H,8H2,1-4H3. The maximum Gasteiger partial charge on any atom is 0.124 e. The van der Waals surface area contributed by atoms with Crippen molar-refractivity contribution in [2.24, 2.45) is 0 Å². The Bertz CT molecular complexity index is 326. The molecule has 0 saturated heterocycles. The molecule has 1 aromatic rings. The Morgan fingerprint density at radius 3 is 2.40 bits per heavy atom. The summed E-state index contributed by atoms with van der Waals surface area (Å²) in [4.78, 5) is 0. The average Bonchev–Trinajstić information content (AvgIpc) is 2.17. The second-order valence-corrected chi connectivity index (χ2v) is 4.02. The zero-order valence-electron chi connectivity index (χ0n) is 9.70. The normalized spacial score (nSPS) is 11.5. The van der Waals surface area contributed by atoms with Gasteiger partial charge in [0.2, 0.25) is 0 Å². The quantitative estimate of drug-likeness (QED) is 0.826. The number of hydrogen-bond acceptors (Lipinski definition) is 3. The first-order valence-corrected chi connectivity index (χ1v) is 4.87. The molecule has 1 aromatic carbocycles. The lowest BCUT2D eigenvalue weighted by atomic mass is 9.96. The van der Waals surface area contributed by atoms with E-state index in [1.54, 1.807) is 28.1 Å². The first-order valence-electron chi connectivity index (χ1n) is 4.87. The van der Waals surface area contributed by atoms with Gasteiger partial charge in [0.05, 0.1) is 19.3 Å². The maximum atomic E-state index is 9.86. The van der Waals surface area contributed by atoms with Crippen molar-refractivity contribution in [2.45, 2.75) is 26.1 Å². The van der Waals surface area contributed by atoms with Crippen molar-refractivity contribution in [3.63, 3.8) is 0 Å². The van der Waals surface area contributed by atoms with E-state index >= 15 is 0 Å². The van der Waals surface area contributed by atoms with Crippen molar-refractivity contribution < 1.29 is 14.6 Å². The van der Waals surface area contributed by atoms with Gasteiger partial charge in [-0.3, -0.25) is 0 Å². The number of benzene rings is 1. The van der Waals surface area contributed by atoms with E-state index in [9.17, 15) is 5.11 Å². The lowest BCUT2D eigenvalue weighted by Crippen LogP contribution is -2.15. The van der Waals surface area contributed by atoms with E-state index in [0.717, 1.165) is 16.9 Å². The summed E-state index contributed by atoms with van der Waals surface area (Å²) in [6, 6.07) is 5.61. The van der Waals surface area contributed by atoms with Crippen molar-refractivity contribution in [1.82, 2.24) is 0 Å². The molecule has 0 aliphatic rings. The number of ether oxygens (including phenoxy) is 2. The Labute approximate surface area is 90.6 Å². The minimum Gasteiger partial charge on any atom is -0.496 e. The number of methoxy groups -OCH3 is 2. The fraction of sp³-hybridized carbons (Fsp3) is 0.500. The van der Waals surface area contributed by atoms with Crippen molar-refractivity contribution in [3.8, 4) is 5.75 Å². The van der Waals surface area contributed by atoms with Crippen LogP contribution in [0.5, 0.6) is 5.75 Å². The van der Waals surface area contributed by atoms with Gasteiger partial charge in [-0.25, -0.2) is 0 Å². The summed E-state index contributed by atoms with van der Waals surface area (Å²) in [5.41, 5.74) is 0.962. The average molecular weight is 210 g/mol. The van der Waals surface area contributed by atoms with E-state index in [2.05, 4.69) is 0 Å². The van der Waals surface area contributed by atoms with Crippen LogP contribution in [0.1, 0.15) is 25.0 Å². The largest absolute Gasteiger partial charge is 0.496 e. The summed E-state index contributed by atoms with van der Waals surface area (Å²) in [5.74, 6) is 0.782. The Morgan fingerprint density at radius 1 is 1.27 bits per heavy atom. The molecule has 3 heteroatoms. The van der Waals surface area contributed by atoms with Crippen LogP contribution in [-0.2, 0) is 16.9 Å². The minimum absolute atomic E-state index is 0.479. The topological polar surface area (TPSA) is 38.7 Å². The van der Waals surface area contributed by atoms with Gasteiger partial charge < -0.3 is 14.6 Å². The first-order chi connectivity index (χ1) is 6.99. The molecule has 0 radical (unpaired) electrons. The Kier molecular flexibility index (Phi) is 3.72. The predicted molar refractivity (Wildman–Crippen MR) is 59.0 cm³/mol. The Balaban J connectivity index is 3.10. The summed E-state index contributed by atoms with van der Waals surface area (Å²) in [7, 11) is 3.26. The molecule has 0 aliphatic heterocycles. The monoisotopic (exact) mass is 210 g/mol. The van der Waals surface area contributed by atoms with Gasteiger partial charge in [0, 0.05) is 12.7 Å². The summed E-state index contributed by atoms with van der Waals surface area (Å²) >= 11 is 0. The molecular weight excluding hydrogens is 192 g/mol. The van der Waals surface area contributed by atoms with Gasteiger partial charge in [0.25, 0.3) is 0 Å². The number of aliphatic hydroxyl groups is 1. The zero-order chi connectivity index (χ0) is 11.5. The van der Waals surface area contributed by atoms with Gasteiger partial charge in [0.15, 0.2) is 0 Å². The molecular formula is C12H18O3. The number of hydrogen-bond donors (Lipinski definition) is 1. The fourth-order valence-corrected chi connectivity index (χ4v) is 1.43. The van der Waals surface area contributed by atoms with E-state index in [1.807, 2.05) is 18.2 Å². The minimum atomic E-state index is -0.839.